The zero-order valence-corrected chi connectivity index (χ0v) is 19.9. The summed E-state index contributed by atoms with van der Waals surface area (Å²) in [5.74, 6) is -0.111. The van der Waals surface area contributed by atoms with Gasteiger partial charge in [0.25, 0.3) is 5.91 Å². The van der Waals surface area contributed by atoms with Crippen LogP contribution in [0.2, 0.25) is 10.0 Å². The van der Waals surface area contributed by atoms with Crippen LogP contribution in [0.25, 0.3) is 10.2 Å². The molecule has 0 atom stereocenters. The summed E-state index contributed by atoms with van der Waals surface area (Å²) in [4.78, 5) is 16.7. The summed E-state index contributed by atoms with van der Waals surface area (Å²) in [7, 11) is -3.74. The van der Waals surface area contributed by atoms with Crippen molar-refractivity contribution in [3.05, 3.63) is 71.8 Å². The molecular formula is C21H19Cl2N3O4S2. The van der Waals surface area contributed by atoms with Gasteiger partial charge in [-0.3, -0.25) is 10.1 Å². The molecule has 0 radical (unpaired) electrons. The molecule has 3 rings (SSSR count). The number of ether oxygens (including phenoxy) is 1. The molecule has 1 heterocycles. The highest BCUT2D eigenvalue weighted by Crippen LogP contribution is 2.30. The summed E-state index contributed by atoms with van der Waals surface area (Å²) in [5.41, 5.74) is 0.560. The third-order valence-electron chi connectivity index (χ3n) is 4.16. The fraction of sp³-hybridized carbons (Fsp3) is 0.143. The van der Waals surface area contributed by atoms with Crippen LogP contribution in [0.5, 0.6) is 5.75 Å². The Morgan fingerprint density at radius 2 is 1.88 bits per heavy atom. The number of carbonyl (C=O) groups excluding carboxylic acids is 1. The lowest BCUT2D eigenvalue weighted by atomic mass is 10.3. The lowest BCUT2D eigenvalue weighted by Crippen LogP contribution is -2.31. The van der Waals surface area contributed by atoms with Gasteiger partial charge in [0, 0.05) is 18.1 Å². The highest BCUT2D eigenvalue weighted by atomic mass is 35.5. The van der Waals surface area contributed by atoms with Gasteiger partial charge in [-0.05, 0) is 36.4 Å². The predicted molar refractivity (Wildman–Crippen MR) is 129 cm³/mol. The smallest absolute Gasteiger partial charge is 0.264 e. The first-order valence-corrected chi connectivity index (χ1v) is 12.3. The highest BCUT2D eigenvalue weighted by Gasteiger charge is 2.23. The largest absolute Gasteiger partial charge is 0.482 e. The maximum absolute atomic E-state index is 12.9. The van der Waals surface area contributed by atoms with E-state index in [9.17, 15) is 13.2 Å². The Kier molecular flexibility index (Phi) is 7.91. The molecule has 7 nitrogen and oxygen atoms in total. The molecule has 0 spiro atoms. The molecule has 0 bridgehead atoms. The van der Waals surface area contributed by atoms with E-state index in [4.69, 9.17) is 27.9 Å². The van der Waals surface area contributed by atoms with Gasteiger partial charge in [0.05, 0.1) is 20.1 Å². The molecule has 2 aromatic carbocycles. The number of halogens is 2. The summed E-state index contributed by atoms with van der Waals surface area (Å²) in [5, 5.41) is 3.71. The lowest BCUT2D eigenvalue weighted by Gasteiger charge is -2.18. The van der Waals surface area contributed by atoms with Gasteiger partial charge in [-0.15, -0.1) is 13.2 Å². The maximum atomic E-state index is 12.9. The van der Waals surface area contributed by atoms with Gasteiger partial charge in [0.2, 0.25) is 10.0 Å². The summed E-state index contributed by atoms with van der Waals surface area (Å²) in [6, 6.07) is 9.29. The number of thiazole rings is 1. The quantitative estimate of drug-likeness (QED) is 0.387. The van der Waals surface area contributed by atoms with Crippen molar-refractivity contribution in [3.63, 3.8) is 0 Å². The average Bonchev–Trinajstić information content (AvgIpc) is 3.14. The number of rotatable bonds is 10. The monoisotopic (exact) mass is 511 g/mol. The maximum Gasteiger partial charge on any atom is 0.264 e. The van der Waals surface area contributed by atoms with Crippen molar-refractivity contribution in [2.24, 2.45) is 0 Å². The Hall–Kier alpha value is -2.43. The Morgan fingerprint density at radius 1 is 1.16 bits per heavy atom. The topological polar surface area (TPSA) is 88.6 Å². The number of hydrogen-bond donors (Lipinski definition) is 1. The Bertz CT molecular complexity index is 1270. The van der Waals surface area contributed by atoms with E-state index in [1.807, 2.05) is 0 Å². The SMILES string of the molecule is C=CCN(CC=C)S(=O)(=O)c1ccc2nc(NC(=O)COc3ccc(Cl)cc3Cl)sc2c1. The van der Waals surface area contributed by atoms with E-state index in [0.717, 1.165) is 11.3 Å². The minimum absolute atomic E-state index is 0.121. The van der Waals surface area contributed by atoms with Crippen LogP contribution in [0.1, 0.15) is 0 Å². The molecule has 0 aliphatic heterocycles. The van der Waals surface area contributed by atoms with Crippen LogP contribution in [0, 0.1) is 0 Å². The van der Waals surface area contributed by atoms with Gasteiger partial charge in [-0.25, -0.2) is 13.4 Å². The second-order valence-corrected chi connectivity index (χ2v) is 10.3. The minimum atomic E-state index is -3.74. The van der Waals surface area contributed by atoms with Crippen LogP contribution in [0.3, 0.4) is 0 Å². The van der Waals surface area contributed by atoms with Crippen LogP contribution in [0.15, 0.2) is 66.6 Å². The van der Waals surface area contributed by atoms with E-state index in [1.54, 1.807) is 18.2 Å². The first-order valence-electron chi connectivity index (χ1n) is 9.25. The van der Waals surface area contributed by atoms with E-state index in [1.165, 1.54) is 34.7 Å². The van der Waals surface area contributed by atoms with E-state index < -0.39 is 15.9 Å². The van der Waals surface area contributed by atoms with Gasteiger partial charge < -0.3 is 4.74 Å². The molecule has 1 aromatic heterocycles. The van der Waals surface area contributed by atoms with Crippen molar-refractivity contribution >= 4 is 65.8 Å². The van der Waals surface area contributed by atoms with E-state index in [-0.39, 0.29) is 24.6 Å². The molecule has 0 saturated carbocycles. The average molecular weight is 512 g/mol. The number of sulfonamides is 1. The molecule has 0 aliphatic carbocycles. The van der Waals surface area contributed by atoms with Crippen LogP contribution in [0.4, 0.5) is 5.13 Å². The van der Waals surface area contributed by atoms with Crippen molar-refractivity contribution in [2.45, 2.75) is 4.90 Å². The van der Waals surface area contributed by atoms with Crippen LogP contribution < -0.4 is 10.1 Å². The normalized spacial score (nSPS) is 11.5. The summed E-state index contributed by atoms with van der Waals surface area (Å²) in [6.45, 7) is 7.24. The molecule has 32 heavy (non-hydrogen) atoms. The first kappa shape index (κ1) is 24.2. The summed E-state index contributed by atoms with van der Waals surface area (Å²) in [6.07, 6.45) is 3.03. The van der Waals surface area contributed by atoms with Crippen molar-refractivity contribution < 1.29 is 17.9 Å². The van der Waals surface area contributed by atoms with E-state index >= 15 is 0 Å². The van der Waals surface area contributed by atoms with Gasteiger partial charge in [0.1, 0.15) is 5.75 Å². The number of carbonyl (C=O) groups is 1. The number of nitrogens with zero attached hydrogens (tertiary/aromatic N) is 2. The Balaban J connectivity index is 1.73. The Morgan fingerprint density at radius 3 is 2.53 bits per heavy atom. The molecule has 0 aliphatic rings. The van der Waals surface area contributed by atoms with Crippen molar-refractivity contribution in [1.82, 2.24) is 9.29 Å². The number of hydrogen-bond acceptors (Lipinski definition) is 6. The van der Waals surface area contributed by atoms with Crippen LogP contribution in [-0.4, -0.2) is 43.3 Å². The highest BCUT2D eigenvalue weighted by molar-refractivity contribution is 7.89. The number of aromatic nitrogens is 1. The molecule has 1 amide bonds. The molecular weight excluding hydrogens is 493 g/mol. The van der Waals surface area contributed by atoms with Gasteiger partial charge in [-0.2, -0.15) is 4.31 Å². The van der Waals surface area contributed by atoms with Crippen LogP contribution >= 0.6 is 34.5 Å². The third kappa shape index (κ3) is 5.67. The first-order chi connectivity index (χ1) is 15.2. The standard InChI is InChI=1S/C21H19Cl2N3O4S2/c1-3-9-26(10-4-2)32(28,29)15-6-7-17-19(12-15)31-21(24-17)25-20(27)13-30-18-8-5-14(22)11-16(18)23/h3-8,11-12H,1-2,9-10,13H2,(H,24,25,27). The lowest BCUT2D eigenvalue weighted by molar-refractivity contribution is -0.118. The van der Waals surface area contributed by atoms with E-state index in [2.05, 4.69) is 23.5 Å². The summed E-state index contributed by atoms with van der Waals surface area (Å²) >= 11 is 13.0. The second-order valence-electron chi connectivity index (χ2n) is 6.46. The van der Waals surface area contributed by atoms with Crippen molar-refractivity contribution in [1.29, 1.82) is 0 Å². The molecule has 0 saturated heterocycles. The van der Waals surface area contributed by atoms with Gasteiger partial charge >= 0.3 is 0 Å². The Labute approximate surface area is 200 Å². The van der Waals surface area contributed by atoms with Crippen molar-refractivity contribution in [3.8, 4) is 5.75 Å². The minimum Gasteiger partial charge on any atom is -0.482 e. The number of fused-ring (bicyclic) bond motifs is 1. The fourth-order valence-electron chi connectivity index (χ4n) is 2.72. The third-order valence-corrected chi connectivity index (χ3v) is 7.45. The number of anilines is 1. The number of nitrogens with one attached hydrogen (secondary N) is 1. The fourth-order valence-corrected chi connectivity index (χ4v) is 5.58. The van der Waals surface area contributed by atoms with Gasteiger partial charge in [0.15, 0.2) is 11.7 Å². The summed E-state index contributed by atoms with van der Waals surface area (Å²) < 4.78 is 33.1. The molecule has 0 unspecified atom stereocenters. The second kappa shape index (κ2) is 10.5. The number of benzene rings is 2. The molecule has 11 heteroatoms. The van der Waals surface area contributed by atoms with Crippen molar-refractivity contribution in [2.75, 3.05) is 25.0 Å². The number of amides is 1. The van der Waals surface area contributed by atoms with Crippen LogP contribution in [-0.2, 0) is 14.8 Å². The van der Waals surface area contributed by atoms with Gasteiger partial charge in [-0.1, -0.05) is 46.7 Å². The predicted octanol–water partition coefficient (Wildman–Crippen LogP) is 4.98. The molecule has 0 fully saturated rings. The zero-order valence-electron chi connectivity index (χ0n) is 16.8. The zero-order chi connectivity index (χ0) is 23.3. The molecule has 3 aromatic rings. The van der Waals surface area contributed by atoms with E-state index in [0.29, 0.717) is 31.1 Å². The molecule has 168 valence electrons. The molecule has 1 N–H and O–H groups in total.